The van der Waals surface area contributed by atoms with E-state index >= 15 is 0 Å². The second-order valence-corrected chi connectivity index (χ2v) is 10.2. The minimum absolute atomic E-state index is 0.0338. The van der Waals surface area contributed by atoms with Gasteiger partial charge in [0.25, 0.3) is 0 Å². The molecule has 0 bridgehead atoms. The van der Waals surface area contributed by atoms with Crippen molar-refractivity contribution < 1.29 is 13.2 Å². The zero-order valence-electron chi connectivity index (χ0n) is 15.0. The average Bonchev–Trinajstić information content (AvgIpc) is 2.97. The van der Waals surface area contributed by atoms with Crippen LogP contribution in [-0.2, 0) is 14.6 Å². The molecule has 2 aromatic rings. The molecule has 1 amide bonds. The molecular formula is C18H23N3O3S2. The molecule has 3 rings (SSSR count). The number of hydrogen-bond donors (Lipinski definition) is 0. The maximum absolute atomic E-state index is 12.9. The topological polar surface area (TPSA) is 80.2 Å². The van der Waals surface area contributed by atoms with Crippen LogP contribution in [-0.4, -0.2) is 59.0 Å². The second kappa shape index (κ2) is 7.92. The highest BCUT2D eigenvalue weighted by Crippen LogP contribution is 2.26. The Balaban J connectivity index is 1.73. The van der Waals surface area contributed by atoms with E-state index in [4.69, 9.17) is 0 Å². The molecule has 8 heteroatoms. The molecule has 1 aliphatic heterocycles. The van der Waals surface area contributed by atoms with Crippen molar-refractivity contribution in [1.29, 1.82) is 0 Å². The lowest BCUT2D eigenvalue weighted by Crippen LogP contribution is -2.44. The van der Waals surface area contributed by atoms with Crippen molar-refractivity contribution in [2.75, 3.05) is 23.8 Å². The highest BCUT2D eigenvalue weighted by atomic mass is 32.2. The van der Waals surface area contributed by atoms with Crippen molar-refractivity contribution in [1.82, 2.24) is 14.9 Å². The first-order valence-electron chi connectivity index (χ1n) is 8.68. The number of para-hydroxylation sites is 1. The Hall–Kier alpha value is -1.67. The molecule has 1 atom stereocenters. The molecule has 1 fully saturated rings. The summed E-state index contributed by atoms with van der Waals surface area (Å²) in [4.78, 5) is 23.1. The number of fused-ring (bicyclic) bond motifs is 1. The van der Waals surface area contributed by atoms with Crippen LogP contribution >= 0.6 is 11.8 Å². The van der Waals surface area contributed by atoms with E-state index in [1.807, 2.05) is 38.1 Å². The number of carbonyl (C=O) groups excluding carboxylic acids is 1. The normalized spacial score (nSPS) is 19.1. The zero-order valence-corrected chi connectivity index (χ0v) is 16.6. The molecule has 0 aliphatic carbocycles. The Morgan fingerprint density at radius 3 is 2.77 bits per heavy atom. The van der Waals surface area contributed by atoms with Gasteiger partial charge < -0.3 is 4.90 Å². The summed E-state index contributed by atoms with van der Waals surface area (Å²) in [7, 11) is -3.03. The van der Waals surface area contributed by atoms with Crippen molar-refractivity contribution >= 4 is 38.4 Å². The fraction of sp³-hybridized carbons (Fsp3) is 0.500. The molecule has 1 aromatic carbocycles. The third-order valence-corrected chi connectivity index (χ3v) is 7.11. The van der Waals surface area contributed by atoms with Crippen LogP contribution in [0.3, 0.4) is 0 Å². The SMILES string of the molecule is CC(C)CN(C(=O)CSc1ncnc2ccccc12)[C@@H]1CCS(=O)(=O)C1. The van der Waals surface area contributed by atoms with Crippen molar-refractivity contribution in [2.45, 2.75) is 31.3 Å². The quantitative estimate of drug-likeness (QED) is 0.554. The lowest BCUT2D eigenvalue weighted by Gasteiger charge is -2.30. The van der Waals surface area contributed by atoms with Gasteiger partial charge in [-0.05, 0) is 18.4 Å². The van der Waals surface area contributed by atoms with E-state index in [2.05, 4.69) is 9.97 Å². The Bertz CT molecular complexity index is 894. The zero-order chi connectivity index (χ0) is 18.7. The van der Waals surface area contributed by atoms with E-state index in [-0.39, 0.29) is 35.1 Å². The first-order chi connectivity index (χ1) is 12.4. The summed E-state index contributed by atoms with van der Waals surface area (Å²) >= 11 is 1.38. The Kier molecular flexibility index (Phi) is 5.82. The maximum atomic E-state index is 12.9. The molecule has 6 nitrogen and oxygen atoms in total. The molecule has 2 heterocycles. The van der Waals surface area contributed by atoms with Gasteiger partial charge in [-0.25, -0.2) is 18.4 Å². The minimum atomic E-state index is -3.03. The van der Waals surface area contributed by atoms with E-state index < -0.39 is 9.84 Å². The number of thioether (sulfide) groups is 1. The van der Waals surface area contributed by atoms with E-state index in [9.17, 15) is 13.2 Å². The summed E-state index contributed by atoms with van der Waals surface area (Å²) in [5.41, 5.74) is 0.846. The summed E-state index contributed by atoms with van der Waals surface area (Å²) in [6, 6.07) is 7.48. The first kappa shape index (κ1) is 19.1. The minimum Gasteiger partial charge on any atom is -0.338 e. The third-order valence-electron chi connectivity index (χ3n) is 4.37. The van der Waals surface area contributed by atoms with E-state index in [0.717, 1.165) is 15.9 Å². The highest BCUT2D eigenvalue weighted by molar-refractivity contribution is 8.00. The van der Waals surface area contributed by atoms with Gasteiger partial charge in [-0.15, -0.1) is 0 Å². The summed E-state index contributed by atoms with van der Waals surface area (Å²) in [5.74, 6) is 0.737. The number of amides is 1. The van der Waals surface area contributed by atoms with Gasteiger partial charge in [-0.1, -0.05) is 43.8 Å². The molecular weight excluding hydrogens is 370 g/mol. The number of aromatic nitrogens is 2. The van der Waals surface area contributed by atoms with Crippen LogP contribution in [0.5, 0.6) is 0 Å². The fourth-order valence-corrected chi connectivity index (χ4v) is 5.78. The van der Waals surface area contributed by atoms with E-state index in [0.29, 0.717) is 13.0 Å². The monoisotopic (exact) mass is 393 g/mol. The molecule has 0 radical (unpaired) electrons. The van der Waals surface area contributed by atoms with Crippen LogP contribution < -0.4 is 0 Å². The van der Waals surface area contributed by atoms with Gasteiger partial charge in [-0.3, -0.25) is 4.79 Å². The van der Waals surface area contributed by atoms with Gasteiger partial charge >= 0.3 is 0 Å². The maximum Gasteiger partial charge on any atom is 0.233 e. The number of benzene rings is 1. The third kappa shape index (κ3) is 4.54. The predicted octanol–water partition coefficient (Wildman–Crippen LogP) is 2.39. The summed E-state index contributed by atoms with van der Waals surface area (Å²) in [5, 5.41) is 1.69. The van der Waals surface area contributed by atoms with Crippen LogP contribution in [0.1, 0.15) is 20.3 Å². The Labute approximate surface area is 158 Å². The standard InChI is InChI=1S/C18H23N3O3S2/c1-13(2)9-21(14-7-8-26(23,24)11-14)17(22)10-25-18-15-5-3-4-6-16(15)19-12-20-18/h3-6,12-14H,7-11H2,1-2H3/t14-/m1/s1. The number of hydrogen-bond acceptors (Lipinski definition) is 6. The molecule has 0 spiro atoms. The van der Waals surface area contributed by atoms with Crippen LogP contribution in [0.15, 0.2) is 35.6 Å². The summed E-state index contributed by atoms with van der Waals surface area (Å²) in [6.45, 7) is 4.65. The molecule has 1 aliphatic rings. The van der Waals surface area contributed by atoms with Crippen LogP contribution in [0.2, 0.25) is 0 Å². The number of rotatable bonds is 6. The van der Waals surface area contributed by atoms with Gasteiger partial charge in [0.1, 0.15) is 11.4 Å². The summed E-state index contributed by atoms with van der Waals surface area (Å²) < 4.78 is 23.6. The number of nitrogens with zero attached hydrogens (tertiary/aromatic N) is 3. The first-order valence-corrected chi connectivity index (χ1v) is 11.5. The van der Waals surface area contributed by atoms with Crippen LogP contribution in [0, 0.1) is 5.92 Å². The van der Waals surface area contributed by atoms with Gasteiger partial charge in [0.15, 0.2) is 9.84 Å². The van der Waals surface area contributed by atoms with Crippen LogP contribution in [0.25, 0.3) is 10.9 Å². The van der Waals surface area contributed by atoms with E-state index in [1.165, 1.54) is 18.1 Å². The van der Waals surface area contributed by atoms with Crippen molar-refractivity contribution in [2.24, 2.45) is 5.92 Å². The Morgan fingerprint density at radius 1 is 1.31 bits per heavy atom. The van der Waals surface area contributed by atoms with Crippen molar-refractivity contribution in [3.8, 4) is 0 Å². The van der Waals surface area contributed by atoms with Gasteiger partial charge in [-0.2, -0.15) is 0 Å². The molecule has 0 saturated carbocycles. The largest absolute Gasteiger partial charge is 0.338 e. The lowest BCUT2D eigenvalue weighted by molar-refractivity contribution is -0.130. The van der Waals surface area contributed by atoms with Gasteiger partial charge in [0.05, 0.1) is 22.8 Å². The predicted molar refractivity (Wildman–Crippen MR) is 104 cm³/mol. The van der Waals surface area contributed by atoms with Crippen molar-refractivity contribution in [3.05, 3.63) is 30.6 Å². The average molecular weight is 394 g/mol. The summed E-state index contributed by atoms with van der Waals surface area (Å²) in [6.07, 6.45) is 2.03. The van der Waals surface area contributed by atoms with Crippen molar-refractivity contribution in [3.63, 3.8) is 0 Å². The van der Waals surface area contributed by atoms with E-state index in [1.54, 1.807) is 4.90 Å². The lowest BCUT2D eigenvalue weighted by atomic mass is 10.1. The van der Waals surface area contributed by atoms with Gasteiger partial charge in [0, 0.05) is 18.0 Å². The molecule has 1 aromatic heterocycles. The highest BCUT2D eigenvalue weighted by Gasteiger charge is 2.34. The number of carbonyl (C=O) groups is 1. The smallest absolute Gasteiger partial charge is 0.233 e. The Morgan fingerprint density at radius 2 is 2.08 bits per heavy atom. The second-order valence-electron chi connectivity index (χ2n) is 6.98. The number of sulfone groups is 1. The molecule has 0 N–H and O–H groups in total. The molecule has 0 unspecified atom stereocenters. The molecule has 140 valence electrons. The molecule has 1 saturated heterocycles. The molecule has 26 heavy (non-hydrogen) atoms. The fourth-order valence-electron chi connectivity index (χ4n) is 3.18. The van der Waals surface area contributed by atoms with Crippen LogP contribution in [0.4, 0.5) is 0 Å². The van der Waals surface area contributed by atoms with Gasteiger partial charge in [0.2, 0.25) is 5.91 Å².